The summed E-state index contributed by atoms with van der Waals surface area (Å²) in [5, 5.41) is 10.7. The van der Waals surface area contributed by atoms with Crippen LogP contribution in [-0.2, 0) is 0 Å². The van der Waals surface area contributed by atoms with Crippen molar-refractivity contribution in [3.8, 4) is 5.75 Å². The van der Waals surface area contributed by atoms with E-state index in [4.69, 9.17) is 10.5 Å². The molecule has 3 N–H and O–H groups in total. The zero-order valence-corrected chi connectivity index (χ0v) is 12.9. The number of aliphatic hydroxyl groups excluding tert-OH is 1. The average molecular weight is 289 g/mol. The lowest BCUT2D eigenvalue weighted by atomic mass is 9.80. The standard InChI is InChI=1S/C18H27NO2/c1-21-16-6-4-13(5-7-16)17(11-19)18(20)10-15-9-12-2-3-14(15)8-12/h4-7,12,14-15,17-18,20H,2-3,8-11,19H2,1H3. The molecule has 0 amide bonds. The fourth-order valence-corrected chi connectivity index (χ4v) is 4.51. The lowest BCUT2D eigenvalue weighted by molar-refractivity contribution is 0.101. The molecule has 3 rings (SSSR count). The fraction of sp³-hybridized carbons (Fsp3) is 0.667. The topological polar surface area (TPSA) is 55.5 Å². The third kappa shape index (κ3) is 3.09. The van der Waals surface area contributed by atoms with E-state index in [1.807, 2.05) is 24.3 Å². The van der Waals surface area contributed by atoms with Gasteiger partial charge in [-0.25, -0.2) is 0 Å². The summed E-state index contributed by atoms with van der Waals surface area (Å²) in [5.41, 5.74) is 7.05. The van der Waals surface area contributed by atoms with Gasteiger partial charge in [0.05, 0.1) is 13.2 Å². The van der Waals surface area contributed by atoms with Crippen molar-refractivity contribution >= 4 is 0 Å². The molecule has 0 aliphatic heterocycles. The van der Waals surface area contributed by atoms with Gasteiger partial charge in [-0.05, 0) is 61.1 Å². The summed E-state index contributed by atoms with van der Waals surface area (Å²) in [4.78, 5) is 0. The summed E-state index contributed by atoms with van der Waals surface area (Å²) in [6.07, 6.45) is 6.09. The number of ether oxygens (including phenoxy) is 1. The highest BCUT2D eigenvalue weighted by atomic mass is 16.5. The van der Waals surface area contributed by atoms with Crippen LogP contribution in [-0.4, -0.2) is 24.9 Å². The molecule has 2 aliphatic carbocycles. The molecule has 3 heteroatoms. The first-order valence-electron chi connectivity index (χ1n) is 8.23. The van der Waals surface area contributed by atoms with Crippen molar-refractivity contribution in [3.05, 3.63) is 29.8 Å². The van der Waals surface area contributed by atoms with Crippen LogP contribution in [0.4, 0.5) is 0 Å². The molecule has 0 spiro atoms. The van der Waals surface area contributed by atoms with Gasteiger partial charge in [0.2, 0.25) is 0 Å². The van der Waals surface area contributed by atoms with Crippen LogP contribution in [0.3, 0.4) is 0 Å². The number of hydrogen-bond donors (Lipinski definition) is 2. The molecule has 1 aromatic rings. The fourth-order valence-electron chi connectivity index (χ4n) is 4.51. The molecule has 5 atom stereocenters. The van der Waals surface area contributed by atoms with Gasteiger partial charge >= 0.3 is 0 Å². The van der Waals surface area contributed by atoms with Crippen molar-refractivity contribution in [1.82, 2.24) is 0 Å². The first-order chi connectivity index (χ1) is 10.2. The smallest absolute Gasteiger partial charge is 0.118 e. The van der Waals surface area contributed by atoms with Crippen LogP contribution in [0.5, 0.6) is 5.75 Å². The molecule has 5 unspecified atom stereocenters. The summed E-state index contributed by atoms with van der Waals surface area (Å²) < 4.78 is 5.19. The second kappa shape index (κ2) is 6.37. The number of rotatable bonds is 6. The van der Waals surface area contributed by atoms with Crippen LogP contribution >= 0.6 is 0 Å². The van der Waals surface area contributed by atoms with Gasteiger partial charge < -0.3 is 15.6 Å². The highest BCUT2D eigenvalue weighted by molar-refractivity contribution is 5.30. The van der Waals surface area contributed by atoms with Gasteiger partial charge in [0.15, 0.2) is 0 Å². The van der Waals surface area contributed by atoms with E-state index in [0.717, 1.165) is 29.6 Å². The predicted molar refractivity (Wildman–Crippen MR) is 84.4 cm³/mol. The molecule has 2 bridgehead atoms. The first kappa shape index (κ1) is 14.9. The van der Waals surface area contributed by atoms with E-state index in [0.29, 0.717) is 12.5 Å². The molecule has 2 aliphatic rings. The number of benzene rings is 1. The first-order valence-corrected chi connectivity index (χ1v) is 8.23. The Bertz CT molecular complexity index is 459. The molecule has 2 saturated carbocycles. The number of nitrogens with two attached hydrogens (primary N) is 1. The van der Waals surface area contributed by atoms with Gasteiger partial charge in [0.1, 0.15) is 5.75 Å². The van der Waals surface area contributed by atoms with Crippen molar-refractivity contribution in [2.24, 2.45) is 23.5 Å². The van der Waals surface area contributed by atoms with Gasteiger partial charge in [-0.15, -0.1) is 0 Å². The second-order valence-electron chi connectivity index (χ2n) is 6.85. The maximum Gasteiger partial charge on any atom is 0.118 e. The Morgan fingerprint density at radius 1 is 1.24 bits per heavy atom. The zero-order valence-electron chi connectivity index (χ0n) is 12.9. The predicted octanol–water partition coefficient (Wildman–Crippen LogP) is 2.92. The molecular weight excluding hydrogens is 262 g/mol. The number of aliphatic hydroxyl groups is 1. The third-order valence-corrected chi connectivity index (χ3v) is 5.69. The van der Waals surface area contributed by atoms with Crippen LogP contribution in [0, 0.1) is 17.8 Å². The van der Waals surface area contributed by atoms with Crippen LogP contribution in [0.2, 0.25) is 0 Å². The van der Waals surface area contributed by atoms with Crippen LogP contribution < -0.4 is 10.5 Å². The van der Waals surface area contributed by atoms with Crippen molar-refractivity contribution < 1.29 is 9.84 Å². The molecule has 21 heavy (non-hydrogen) atoms. The Morgan fingerprint density at radius 3 is 2.52 bits per heavy atom. The SMILES string of the molecule is COc1ccc(C(CN)C(O)CC2CC3CCC2C3)cc1. The molecule has 0 aromatic heterocycles. The highest BCUT2D eigenvalue weighted by Gasteiger charge is 2.40. The summed E-state index contributed by atoms with van der Waals surface area (Å²) in [6, 6.07) is 7.95. The molecule has 0 radical (unpaired) electrons. The summed E-state index contributed by atoms with van der Waals surface area (Å²) in [6.45, 7) is 0.494. The average Bonchev–Trinajstić information content (AvgIpc) is 3.11. The van der Waals surface area contributed by atoms with E-state index in [1.54, 1.807) is 7.11 Å². The number of hydrogen-bond acceptors (Lipinski definition) is 3. The zero-order chi connectivity index (χ0) is 14.8. The third-order valence-electron chi connectivity index (χ3n) is 5.69. The normalized spacial score (nSPS) is 30.3. The van der Waals surface area contributed by atoms with E-state index in [1.165, 1.54) is 25.7 Å². The maximum atomic E-state index is 10.7. The van der Waals surface area contributed by atoms with E-state index in [2.05, 4.69) is 0 Å². The van der Waals surface area contributed by atoms with E-state index < -0.39 is 0 Å². The molecule has 0 heterocycles. The largest absolute Gasteiger partial charge is 0.497 e. The van der Waals surface area contributed by atoms with Gasteiger partial charge in [0, 0.05) is 12.5 Å². The Kier molecular flexibility index (Phi) is 4.51. The van der Waals surface area contributed by atoms with Crippen LogP contribution in [0.1, 0.15) is 43.6 Å². The molecule has 116 valence electrons. The van der Waals surface area contributed by atoms with E-state index >= 15 is 0 Å². The van der Waals surface area contributed by atoms with Gasteiger partial charge in [-0.2, -0.15) is 0 Å². The number of methoxy groups -OCH3 is 1. The molecular formula is C18H27NO2. The van der Waals surface area contributed by atoms with Crippen molar-refractivity contribution in [2.75, 3.05) is 13.7 Å². The molecule has 2 fully saturated rings. The van der Waals surface area contributed by atoms with Crippen molar-refractivity contribution in [3.63, 3.8) is 0 Å². The van der Waals surface area contributed by atoms with Gasteiger partial charge in [-0.3, -0.25) is 0 Å². The highest BCUT2D eigenvalue weighted by Crippen LogP contribution is 2.50. The summed E-state index contributed by atoms with van der Waals surface area (Å²) in [5.74, 6) is 3.39. The number of fused-ring (bicyclic) bond motifs is 2. The minimum Gasteiger partial charge on any atom is -0.497 e. The molecule has 0 saturated heterocycles. The Balaban J connectivity index is 1.64. The molecule has 3 nitrogen and oxygen atoms in total. The minimum atomic E-state index is -0.326. The van der Waals surface area contributed by atoms with Crippen molar-refractivity contribution in [2.45, 2.75) is 44.1 Å². The van der Waals surface area contributed by atoms with Crippen LogP contribution in [0.15, 0.2) is 24.3 Å². The quantitative estimate of drug-likeness (QED) is 0.846. The van der Waals surface area contributed by atoms with E-state index in [9.17, 15) is 5.11 Å². The van der Waals surface area contributed by atoms with E-state index in [-0.39, 0.29) is 12.0 Å². The Morgan fingerprint density at radius 2 is 2.00 bits per heavy atom. The van der Waals surface area contributed by atoms with Gasteiger partial charge in [-0.1, -0.05) is 18.6 Å². The summed E-state index contributed by atoms with van der Waals surface area (Å²) in [7, 11) is 1.67. The van der Waals surface area contributed by atoms with Crippen LogP contribution in [0.25, 0.3) is 0 Å². The molecule has 1 aromatic carbocycles. The van der Waals surface area contributed by atoms with Gasteiger partial charge in [0.25, 0.3) is 0 Å². The lowest BCUT2D eigenvalue weighted by Gasteiger charge is -2.28. The van der Waals surface area contributed by atoms with Crippen molar-refractivity contribution in [1.29, 1.82) is 0 Å². The monoisotopic (exact) mass is 289 g/mol. The minimum absolute atomic E-state index is 0.0371. The Hall–Kier alpha value is -1.06. The maximum absolute atomic E-state index is 10.7. The second-order valence-corrected chi connectivity index (χ2v) is 6.85. The lowest BCUT2D eigenvalue weighted by Crippen LogP contribution is -2.29. The summed E-state index contributed by atoms with van der Waals surface area (Å²) >= 11 is 0. The Labute approximate surface area is 127 Å².